The van der Waals surface area contributed by atoms with Gasteiger partial charge in [0, 0.05) is 16.1 Å². The van der Waals surface area contributed by atoms with Crippen molar-refractivity contribution in [1.82, 2.24) is 0 Å². The number of aliphatic hydroxyl groups excluding tert-OH is 1. The molecule has 0 spiro atoms. The maximum Gasteiger partial charge on any atom is 0.126 e. The van der Waals surface area contributed by atoms with Gasteiger partial charge >= 0.3 is 0 Å². The van der Waals surface area contributed by atoms with E-state index in [0.29, 0.717) is 17.9 Å². The SMILES string of the molecule is CCOc1ccc(Br)cc1C(O)c1cc(F)cc(F)c1. The summed E-state index contributed by atoms with van der Waals surface area (Å²) in [5.74, 6) is -0.980. The number of hydrogen-bond acceptors (Lipinski definition) is 2. The predicted molar refractivity (Wildman–Crippen MR) is 75.7 cm³/mol. The van der Waals surface area contributed by atoms with Crippen molar-refractivity contribution < 1.29 is 18.6 Å². The summed E-state index contributed by atoms with van der Waals surface area (Å²) >= 11 is 3.30. The normalized spacial score (nSPS) is 12.2. The maximum absolute atomic E-state index is 13.2. The highest BCUT2D eigenvalue weighted by Gasteiger charge is 2.17. The molecule has 2 nitrogen and oxygen atoms in total. The van der Waals surface area contributed by atoms with Gasteiger partial charge in [-0.2, -0.15) is 0 Å². The predicted octanol–water partition coefficient (Wildman–Crippen LogP) is 4.21. The fraction of sp³-hybridized carbons (Fsp3) is 0.200. The molecule has 0 fully saturated rings. The monoisotopic (exact) mass is 342 g/mol. The van der Waals surface area contributed by atoms with Crippen LogP contribution >= 0.6 is 15.9 Å². The number of hydrogen-bond donors (Lipinski definition) is 1. The second-order valence-electron chi connectivity index (χ2n) is 4.22. The van der Waals surface area contributed by atoms with E-state index >= 15 is 0 Å². The third kappa shape index (κ3) is 3.35. The summed E-state index contributed by atoms with van der Waals surface area (Å²) in [6.07, 6.45) is -1.17. The minimum absolute atomic E-state index is 0.140. The fourth-order valence-electron chi connectivity index (χ4n) is 1.93. The average molecular weight is 343 g/mol. The van der Waals surface area contributed by atoms with Crippen molar-refractivity contribution in [2.24, 2.45) is 0 Å². The Morgan fingerprint density at radius 1 is 1.15 bits per heavy atom. The Labute approximate surface area is 124 Å². The Morgan fingerprint density at radius 2 is 1.80 bits per heavy atom. The molecule has 0 aliphatic rings. The lowest BCUT2D eigenvalue weighted by Crippen LogP contribution is -2.05. The molecule has 0 amide bonds. The van der Waals surface area contributed by atoms with E-state index in [1.54, 1.807) is 18.2 Å². The lowest BCUT2D eigenvalue weighted by atomic mass is 10.0. The molecular weight excluding hydrogens is 330 g/mol. The first kappa shape index (κ1) is 14.9. The molecule has 1 unspecified atom stereocenters. The molecule has 0 aliphatic heterocycles. The van der Waals surface area contributed by atoms with Crippen molar-refractivity contribution in [3.8, 4) is 5.75 Å². The summed E-state index contributed by atoms with van der Waals surface area (Å²) in [6, 6.07) is 8.10. The fourth-order valence-corrected chi connectivity index (χ4v) is 2.31. The van der Waals surface area contributed by atoms with Gasteiger partial charge in [-0.05, 0) is 42.8 Å². The van der Waals surface area contributed by atoms with Gasteiger partial charge in [0.25, 0.3) is 0 Å². The first-order chi connectivity index (χ1) is 9.51. The van der Waals surface area contributed by atoms with Gasteiger partial charge in [-0.1, -0.05) is 15.9 Å². The minimum Gasteiger partial charge on any atom is -0.493 e. The third-order valence-electron chi connectivity index (χ3n) is 2.77. The highest BCUT2D eigenvalue weighted by molar-refractivity contribution is 9.10. The van der Waals surface area contributed by atoms with Crippen LogP contribution in [0.2, 0.25) is 0 Å². The molecule has 0 heterocycles. The number of ether oxygens (including phenoxy) is 1. The second kappa shape index (κ2) is 6.33. The zero-order valence-corrected chi connectivity index (χ0v) is 12.3. The molecular formula is C15H13BrF2O2. The molecule has 0 saturated carbocycles. The largest absolute Gasteiger partial charge is 0.493 e. The molecule has 2 rings (SSSR count). The topological polar surface area (TPSA) is 29.5 Å². The van der Waals surface area contributed by atoms with Crippen LogP contribution in [0, 0.1) is 11.6 Å². The number of benzene rings is 2. The number of halogens is 3. The van der Waals surface area contributed by atoms with E-state index in [1.165, 1.54) is 0 Å². The van der Waals surface area contributed by atoms with Crippen molar-refractivity contribution in [3.63, 3.8) is 0 Å². The molecule has 2 aromatic carbocycles. The Hall–Kier alpha value is -1.46. The summed E-state index contributed by atoms with van der Waals surface area (Å²) in [4.78, 5) is 0. The van der Waals surface area contributed by atoms with Gasteiger partial charge in [0.05, 0.1) is 6.61 Å². The first-order valence-electron chi connectivity index (χ1n) is 6.07. The van der Waals surface area contributed by atoms with Gasteiger partial charge in [0.2, 0.25) is 0 Å². The van der Waals surface area contributed by atoms with Crippen LogP contribution in [0.5, 0.6) is 5.75 Å². The Morgan fingerprint density at radius 3 is 2.40 bits per heavy atom. The highest BCUT2D eigenvalue weighted by atomic mass is 79.9. The number of rotatable bonds is 4. The lowest BCUT2D eigenvalue weighted by Gasteiger charge is -2.16. The molecule has 2 aromatic rings. The molecule has 106 valence electrons. The van der Waals surface area contributed by atoms with Crippen LogP contribution in [0.3, 0.4) is 0 Å². The second-order valence-corrected chi connectivity index (χ2v) is 5.14. The first-order valence-corrected chi connectivity index (χ1v) is 6.87. The van der Waals surface area contributed by atoms with Crippen molar-refractivity contribution in [2.45, 2.75) is 13.0 Å². The maximum atomic E-state index is 13.2. The Bertz CT molecular complexity index is 597. The van der Waals surface area contributed by atoms with Gasteiger partial charge in [0.1, 0.15) is 23.5 Å². The molecule has 0 saturated heterocycles. The molecule has 0 bridgehead atoms. The standard InChI is InChI=1S/C15H13BrF2O2/c1-2-20-14-4-3-10(16)7-13(14)15(19)9-5-11(17)8-12(18)6-9/h3-8,15,19H,2H2,1H3. The Balaban J connectivity index is 2.46. The quantitative estimate of drug-likeness (QED) is 0.901. The molecule has 1 atom stereocenters. The molecule has 5 heteroatoms. The Kier molecular flexibility index (Phi) is 4.73. The lowest BCUT2D eigenvalue weighted by molar-refractivity contribution is 0.211. The van der Waals surface area contributed by atoms with Crippen molar-refractivity contribution in [1.29, 1.82) is 0 Å². The smallest absolute Gasteiger partial charge is 0.126 e. The summed E-state index contributed by atoms with van der Waals surface area (Å²) < 4.78 is 32.6. The molecule has 0 radical (unpaired) electrons. The van der Waals surface area contributed by atoms with E-state index in [0.717, 1.165) is 22.7 Å². The summed E-state index contributed by atoms with van der Waals surface area (Å²) in [5, 5.41) is 10.3. The molecule has 0 aliphatic carbocycles. The summed E-state index contributed by atoms with van der Waals surface area (Å²) in [7, 11) is 0. The van der Waals surface area contributed by atoms with E-state index in [9.17, 15) is 13.9 Å². The van der Waals surface area contributed by atoms with Gasteiger partial charge in [-0.15, -0.1) is 0 Å². The van der Waals surface area contributed by atoms with Gasteiger partial charge < -0.3 is 9.84 Å². The van der Waals surface area contributed by atoms with E-state index < -0.39 is 17.7 Å². The van der Waals surface area contributed by atoms with Gasteiger partial charge in [-0.3, -0.25) is 0 Å². The van der Waals surface area contributed by atoms with Crippen molar-refractivity contribution in [3.05, 3.63) is 63.6 Å². The van der Waals surface area contributed by atoms with Gasteiger partial charge in [0.15, 0.2) is 0 Å². The van der Waals surface area contributed by atoms with Crippen LogP contribution in [-0.2, 0) is 0 Å². The van der Waals surface area contributed by atoms with Crippen molar-refractivity contribution >= 4 is 15.9 Å². The van der Waals surface area contributed by atoms with E-state index in [-0.39, 0.29) is 5.56 Å². The highest BCUT2D eigenvalue weighted by Crippen LogP contribution is 2.33. The van der Waals surface area contributed by atoms with Crippen LogP contribution < -0.4 is 4.74 Å². The molecule has 1 N–H and O–H groups in total. The van der Waals surface area contributed by atoms with Crippen LogP contribution in [-0.4, -0.2) is 11.7 Å². The molecule has 20 heavy (non-hydrogen) atoms. The summed E-state index contributed by atoms with van der Waals surface area (Å²) in [6.45, 7) is 2.25. The number of aliphatic hydroxyl groups is 1. The van der Waals surface area contributed by atoms with Gasteiger partial charge in [-0.25, -0.2) is 8.78 Å². The van der Waals surface area contributed by atoms with Crippen LogP contribution in [0.15, 0.2) is 40.9 Å². The minimum atomic E-state index is -1.17. The zero-order valence-electron chi connectivity index (χ0n) is 10.7. The third-order valence-corrected chi connectivity index (χ3v) is 3.26. The van der Waals surface area contributed by atoms with E-state index in [2.05, 4.69) is 15.9 Å². The van der Waals surface area contributed by atoms with Crippen LogP contribution in [0.4, 0.5) is 8.78 Å². The van der Waals surface area contributed by atoms with Crippen LogP contribution in [0.25, 0.3) is 0 Å². The molecule has 0 aromatic heterocycles. The van der Waals surface area contributed by atoms with E-state index in [1.807, 2.05) is 6.92 Å². The van der Waals surface area contributed by atoms with Crippen molar-refractivity contribution in [2.75, 3.05) is 6.61 Å². The van der Waals surface area contributed by atoms with E-state index in [4.69, 9.17) is 4.74 Å². The zero-order chi connectivity index (χ0) is 14.7. The van der Waals surface area contributed by atoms with Crippen LogP contribution in [0.1, 0.15) is 24.2 Å². The summed E-state index contributed by atoms with van der Waals surface area (Å²) in [5.41, 5.74) is 0.591. The average Bonchev–Trinajstić information content (AvgIpc) is 2.39.